The molecule has 0 bridgehead atoms. The van der Waals surface area contributed by atoms with Crippen molar-refractivity contribution in [3.8, 4) is 5.75 Å². The smallest absolute Gasteiger partial charge is 0.406 e. The van der Waals surface area contributed by atoms with Crippen LogP contribution in [-0.2, 0) is 11.3 Å². The van der Waals surface area contributed by atoms with Crippen molar-refractivity contribution in [2.24, 2.45) is 5.92 Å². The van der Waals surface area contributed by atoms with Crippen molar-refractivity contribution in [2.45, 2.75) is 19.8 Å². The zero-order chi connectivity index (χ0) is 15.2. The lowest BCUT2D eigenvalue weighted by atomic mass is 10.1. The molecule has 21 heavy (non-hydrogen) atoms. The molecule has 120 valence electrons. The van der Waals surface area contributed by atoms with Gasteiger partial charge in [0.1, 0.15) is 5.75 Å². The van der Waals surface area contributed by atoms with Gasteiger partial charge in [0, 0.05) is 19.0 Å². The van der Waals surface area contributed by atoms with E-state index in [1.54, 1.807) is 14.0 Å². The summed E-state index contributed by atoms with van der Waals surface area (Å²) in [6.07, 6.45) is -4.70. The third kappa shape index (κ3) is 7.77. The van der Waals surface area contributed by atoms with E-state index in [4.69, 9.17) is 0 Å². The van der Waals surface area contributed by atoms with Crippen molar-refractivity contribution in [1.29, 1.82) is 0 Å². The number of hydrogen-bond acceptors (Lipinski definition) is 3. The third-order valence-electron chi connectivity index (χ3n) is 2.58. The van der Waals surface area contributed by atoms with E-state index in [0.717, 1.165) is 0 Å². The number of ether oxygens (including phenoxy) is 1. The Morgan fingerprint density at radius 3 is 2.33 bits per heavy atom. The van der Waals surface area contributed by atoms with Gasteiger partial charge in [-0.2, -0.15) is 0 Å². The van der Waals surface area contributed by atoms with E-state index in [9.17, 15) is 18.0 Å². The monoisotopic (exact) mass is 326 g/mol. The van der Waals surface area contributed by atoms with Gasteiger partial charge in [0.05, 0.1) is 0 Å². The van der Waals surface area contributed by atoms with Crippen molar-refractivity contribution < 1.29 is 22.7 Å². The number of rotatable bonds is 6. The Hall–Kier alpha value is -1.47. The highest BCUT2D eigenvalue weighted by Crippen LogP contribution is 2.22. The lowest BCUT2D eigenvalue weighted by Crippen LogP contribution is -2.33. The molecular formula is C13H18ClF3N2O2. The summed E-state index contributed by atoms with van der Waals surface area (Å²) in [7, 11) is 1.75. The molecule has 0 spiro atoms. The highest BCUT2D eigenvalue weighted by Gasteiger charge is 2.30. The second-order valence-electron chi connectivity index (χ2n) is 4.37. The number of nitrogens with one attached hydrogen (secondary N) is 2. The largest absolute Gasteiger partial charge is 0.573 e. The van der Waals surface area contributed by atoms with Crippen molar-refractivity contribution in [3.63, 3.8) is 0 Å². The SMILES string of the molecule is CNCC(C)C(=O)NCc1ccc(OC(F)(F)F)cc1.Cl. The maximum atomic E-state index is 12.0. The summed E-state index contributed by atoms with van der Waals surface area (Å²) in [5.74, 6) is -0.570. The van der Waals surface area contributed by atoms with Gasteiger partial charge in [0.15, 0.2) is 0 Å². The van der Waals surface area contributed by atoms with Gasteiger partial charge in [-0.15, -0.1) is 25.6 Å². The minimum atomic E-state index is -4.70. The minimum absolute atomic E-state index is 0. The Kier molecular flexibility index (Phi) is 8.12. The Morgan fingerprint density at radius 1 is 1.29 bits per heavy atom. The number of alkyl halides is 3. The van der Waals surface area contributed by atoms with Crippen LogP contribution in [0.25, 0.3) is 0 Å². The third-order valence-corrected chi connectivity index (χ3v) is 2.58. The first-order valence-corrected chi connectivity index (χ1v) is 6.09. The van der Waals surface area contributed by atoms with E-state index >= 15 is 0 Å². The molecule has 4 nitrogen and oxygen atoms in total. The van der Waals surface area contributed by atoms with Crippen LogP contribution in [0.4, 0.5) is 13.2 Å². The lowest BCUT2D eigenvalue weighted by Gasteiger charge is -2.12. The maximum absolute atomic E-state index is 12.0. The Labute approximate surface area is 127 Å². The van der Waals surface area contributed by atoms with Crippen LogP contribution in [0.15, 0.2) is 24.3 Å². The molecule has 0 heterocycles. The number of halogens is 4. The zero-order valence-corrected chi connectivity index (χ0v) is 12.5. The highest BCUT2D eigenvalue weighted by molar-refractivity contribution is 5.85. The van der Waals surface area contributed by atoms with Crippen LogP contribution >= 0.6 is 12.4 Å². The predicted octanol–water partition coefficient (Wildman–Crippen LogP) is 2.48. The van der Waals surface area contributed by atoms with Gasteiger partial charge in [-0.25, -0.2) is 0 Å². The molecule has 1 rings (SSSR count). The summed E-state index contributed by atoms with van der Waals surface area (Å²) in [5, 5.41) is 5.60. The molecule has 2 N–H and O–H groups in total. The van der Waals surface area contributed by atoms with E-state index in [1.807, 2.05) is 0 Å². The molecule has 0 aliphatic heterocycles. The first-order chi connectivity index (χ1) is 9.31. The Balaban J connectivity index is 0.00000400. The topological polar surface area (TPSA) is 50.4 Å². The summed E-state index contributed by atoms with van der Waals surface area (Å²) in [6.45, 7) is 2.61. The van der Waals surface area contributed by atoms with Gasteiger partial charge in [-0.3, -0.25) is 4.79 Å². The number of amides is 1. The summed E-state index contributed by atoms with van der Waals surface area (Å²) in [6, 6.07) is 5.38. The molecule has 0 aromatic heterocycles. The van der Waals surface area contributed by atoms with Crippen LogP contribution in [0.3, 0.4) is 0 Å². The van der Waals surface area contributed by atoms with Crippen LogP contribution < -0.4 is 15.4 Å². The fraction of sp³-hybridized carbons (Fsp3) is 0.462. The number of carbonyl (C=O) groups is 1. The normalized spacial score (nSPS) is 12.2. The number of carbonyl (C=O) groups excluding carboxylic acids is 1. The summed E-state index contributed by atoms with van der Waals surface area (Å²) >= 11 is 0. The van der Waals surface area contributed by atoms with Crippen molar-refractivity contribution in [1.82, 2.24) is 10.6 Å². The fourth-order valence-corrected chi connectivity index (χ4v) is 1.57. The molecular weight excluding hydrogens is 309 g/mol. The van der Waals surface area contributed by atoms with Gasteiger partial charge >= 0.3 is 6.36 Å². The van der Waals surface area contributed by atoms with E-state index in [0.29, 0.717) is 12.1 Å². The average Bonchev–Trinajstić information content (AvgIpc) is 2.36. The Bertz CT molecular complexity index is 438. The molecule has 0 aliphatic carbocycles. The number of hydrogen-bond donors (Lipinski definition) is 2. The average molecular weight is 327 g/mol. The first kappa shape index (κ1) is 19.5. The van der Waals surface area contributed by atoms with Crippen molar-refractivity contribution in [2.75, 3.05) is 13.6 Å². The summed E-state index contributed by atoms with van der Waals surface area (Å²) < 4.78 is 39.7. The highest BCUT2D eigenvalue weighted by atomic mass is 35.5. The molecule has 0 saturated carbocycles. The number of benzene rings is 1. The van der Waals surface area contributed by atoms with Crippen molar-refractivity contribution in [3.05, 3.63) is 29.8 Å². The van der Waals surface area contributed by atoms with E-state index < -0.39 is 6.36 Å². The lowest BCUT2D eigenvalue weighted by molar-refractivity contribution is -0.274. The molecule has 1 aromatic rings. The van der Waals surface area contributed by atoms with Gasteiger partial charge < -0.3 is 15.4 Å². The van der Waals surface area contributed by atoms with Crippen LogP contribution in [0.1, 0.15) is 12.5 Å². The molecule has 1 amide bonds. The van der Waals surface area contributed by atoms with Gasteiger partial charge in [0.25, 0.3) is 0 Å². The van der Waals surface area contributed by atoms with Crippen LogP contribution in [0, 0.1) is 5.92 Å². The second kappa shape index (κ2) is 8.74. The van der Waals surface area contributed by atoms with E-state index in [2.05, 4.69) is 15.4 Å². The fourth-order valence-electron chi connectivity index (χ4n) is 1.57. The van der Waals surface area contributed by atoms with Crippen molar-refractivity contribution >= 4 is 18.3 Å². The zero-order valence-electron chi connectivity index (χ0n) is 11.7. The maximum Gasteiger partial charge on any atom is 0.573 e. The standard InChI is InChI=1S/C13H17F3N2O2.ClH/c1-9(7-17-2)12(19)18-8-10-3-5-11(6-4-10)20-13(14,15)16;/h3-6,9,17H,7-8H2,1-2H3,(H,18,19);1H. The molecule has 1 atom stereocenters. The molecule has 0 aliphatic rings. The first-order valence-electron chi connectivity index (χ1n) is 6.09. The van der Waals surface area contributed by atoms with Gasteiger partial charge in [-0.1, -0.05) is 19.1 Å². The molecule has 8 heteroatoms. The van der Waals surface area contributed by atoms with Crippen LogP contribution in [-0.4, -0.2) is 25.9 Å². The van der Waals surface area contributed by atoms with Crippen LogP contribution in [0.5, 0.6) is 5.75 Å². The quantitative estimate of drug-likeness (QED) is 0.844. The van der Waals surface area contributed by atoms with Crippen LogP contribution in [0.2, 0.25) is 0 Å². The van der Waals surface area contributed by atoms with Gasteiger partial charge in [0.2, 0.25) is 5.91 Å². The van der Waals surface area contributed by atoms with E-state index in [-0.39, 0.29) is 36.5 Å². The second-order valence-corrected chi connectivity index (χ2v) is 4.37. The predicted molar refractivity (Wildman–Crippen MR) is 75.3 cm³/mol. The summed E-state index contributed by atoms with van der Waals surface area (Å²) in [4.78, 5) is 11.6. The molecule has 1 aromatic carbocycles. The molecule has 0 saturated heterocycles. The van der Waals surface area contributed by atoms with E-state index in [1.165, 1.54) is 24.3 Å². The molecule has 0 radical (unpaired) electrons. The minimum Gasteiger partial charge on any atom is -0.406 e. The molecule has 1 unspecified atom stereocenters. The molecule has 0 fully saturated rings. The Morgan fingerprint density at radius 2 is 1.86 bits per heavy atom. The summed E-state index contributed by atoms with van der Waals surface area (Å²) in [5.41, 5.74) is 0.699. The van der Waals surface area contributed by atoms with Gasteiger partial charge in [-0.05, 0) is 24.7 Å².